The average molecular weight is 147 g/mol. The van der Waals surface area contributed by atoms with Gasteiger partial charge in [-0.1, -0.05) is 37.1 Å². The Kier molecular flexibility index (Phi) is 3.68. The molecule has 0 aromatic heterocycles. The number of hydrogen-bond acceptors (Lipinski definition) is 1. The summed E-state index contributed by atoms with van der Waals surface area (Å²) in [5.74, 6) is 0. The molecule has 1 atom stereocenters. The Balaban J connectivity index is 3.47. The summed E-state index contributed by atoms with van der Waals surface area (Å²) in [4.78, 5) is 0. The highest BCUT2D eigenvalue weighted by molar-refractivity contribution is 7.13. The number of hydrogen-bond donors (Lipinski definition) is 0. The summed E-state index contributed by atoms with van der Waals surface area (Å²) in [6, 6.07) is 0. The highest BCUT2D eigenvalue weighted by atomic mass is 31.0. The molecular formula is C7H18NP. The molecule has 0 aliphatic rings. The molecule has 0 saturated heterocycles. The lowest BCUT2D eigenvalue weighted by atomic mass is 9.97. The van der Waals surface area contributed by atoms with Gasteiger partial charge in [-0.3, -0.25) is 4.67 Å². The molecule has 0 fully saturated rings. The summed E-state index contributed by atoms with van der Waals surface area (Å²) in [6.07, 6.45) is 0. The molecule has 0 N–H and O–H groups in total. The van der Waals surface area contributed by atoms with Gasteiger partial charge in [0.15, 0.2) is 0 Å². The minimum atomic E-state index is 0.428. The van der Waals surface area contributed by atoms with Crippen LogP contribution in [0.1, 0.15) is 27.7 Å². The van der Waals surface area contributed by atoms with E-state index in [0.717, 1.165) is 13.1 Å². The van der Waals surface area contributed by atoms with Crippen molar-refractivity contribution < 1.29 is 0 Å². The van der Waals surface area contributed by atoms with E-state index in [0.29, 0.717) is 5.41 Å². The lowest BCUT2D eigenvalue weighted by Gasteiger charge is -2.24. The molecule has 0 saturated carbocycles. The van der Waals surface area contributed by atoms with Crippen LogP contribution in [0.2, 0.25) is 0 Å². The van der Waals surface area contributed by atoms with Gasteiger partial charge in [0, 0.05) is 6.54 Å². The summed E-state index contributed by atoms with van der Waals surface area (Å²) in [5, 5.41) is 0. The summed E-state index contributed by atoms with van der Waals surface area (Å²) >= 11 is 0. The first-order valence-corrected chi connectivity index (χ1v) is 3.97. The second-order valence-electron chi connectivity index (χ2n) is 3.62. The van der Waals surface area contributed by atoms with Gasteiger partial charge in [0.1, 0.15) is 0 Å². The van der Waals surface area contributed by atoms with Crippen molar-refractivity contribution in [3.8, 4) is 0 Å². The van der Waals surface area contributed by atoms with Gasteiger partial charge in [0.05, 0.1) is 0 Å². The molecule has 0 aliphatic carbocycles. The summed E-state index contributed by atoms with van der Waals surface area (Å²) in [7, 11) is 2.73. The highest BCUT2D eigenvalue weighted by Crippen LogP contribution is 2.16. The second-order valence-corrected chi connectivity index (χ2v) is 4.35. The third kappa shape index (κ3) is 6.27. The van der Waals surface area contributed by atoms with E-state index in [2.05, 4.69) is 41.8 Å². The van der Waals surface area contributed by atoms with Crippen LogP contribution in [0, 0.1) is 5.41 Å². The monoisotopic (exact) mass is 147 g/mol. The van der Waals surface area contributed by atoms with Crippen molar-refractivity contribution in [2.75, 3.05) is 13.1 Å². The van der Waals surface area contributed by atoms with Gasteiger partial charge in [-0.25, -0.2) is 0 Å². The first-order chi connectivity index (χ1) is 3.95. The quantitative estimate of drug-likeness (QED) is 0.541. The van der Waals surface area contributed by atoms with Crippen LogP contribution in [0.5, 0.6) is 0 Å². The summed E-state index contributed by atoms with van der Waals surface area (Å²) < 4.78 is 2.25. The Bertz CT molecular complexity index is 75.5. The number of nitrogens with zero attached hydrogens (tertiary/aromatic N) is 1. The van der Waals surface area contributed by atoms with E-state index in [9.17, 15) is 0 Å². The highest BCUT2D eigenvalue weighted by Gasteiger charge is 2.11. The van der Waals surface area contributed by atoms with Crippen molar-refractivity contribution >= 4 is 9.39 Å². The topological polar surface area (TPSA) is 3.24 Å². The van der Waals surface area contributed by atoms with Crippen LogP contribution in [0.4, 0.5) is 0 Å². The molecule has 1 unspecified atom stereocenters. The Morgan fingerprint density at radius 2 is 1.78 bits per heavy atom. The summed E-state index contributed by atoms with van der Waals surface area (Å²) in [6.45, 7) is 11.2. The van der Waals surface area contributed by atoms with E-state index >= 15 is 0 Å². The van der Waals surface area contributed by atoms with E-state index in [-0.39, 0.29) is 0 Å². The van der Waals surface area contributed by atoms with Crippen molar-refractivity contribution in [1.82, 2.24) is 4.67 Å². The second kappa shape index (κ2) is 3.53. The fourth-order valence-corrected chi connectivity index (χ4v) is 1.27. The molecule has 0 aliphatic heterocycles. The van der Waals surface area contributed by atoms with Crippen molar-refractivity contribution in [1.29, 1.82) is 0 Å². The molecule has 0 amide bonds. The van der Waals surface area contributed by atoms with E-state index in [1.54, 1.807) is 0 Å². The van der Waals surface area contributed by atoms with Gasteiger partial charge >= 0.3 is 0 Å². The van der Waals surface area contributed by atoms with Crippen LogP contribution in [0.15, 0.2) is 0 Å². The van der Waals surface area contributed by atoms with Crippen LogP contribution < -0.4 is 0 Å². The standard InChI is InChI=1S/C7H18NP/c1-5-8(9)6-7(2,3)4/h5-6,9H2,1-4H3. The lowest BCUT2D eigenvalue weighted by Crippen LogP contribution is -2.24. The van der Waals surface area contributed by atoms with Gasteiger partial charge in [-0.15, -0.1) is 0 Å². The van der Waals surface area contributed by atoms with Gasteiger partial charge in [-0.2, -0.15) is 0 Å². The zero-order valence-electron chi connectivity index (χ0n) is 6.94. The first-order valence-electron chi connectivity index (χ1n) is 3.45. The van der Waals surface area contributed by atoms with Gasteiger partial charge in [0.2, 0.25) is 0 Å². The largest absolute Gasteiger partial charge is 0.287 e. The third-order valence-electron chi connectivity index (χ3n) is 1.08. The fraction of sp³-hybridized carbons (Fsp3) is 1.00. The molecule has 0 aromatic carbocycles. The Hall–Kier alpha value is 0.390. The van der Waals surface area contributed by atoms with Crippen LogP contribution in [0.3, 0.4) is 0 Å². The van der Waals surface area contributed by atoms with Gasteiger partial charge < -0.3 is 0 Å². The SMILES string of the molecule is CCN(P)CC(C)(C)C. The molecule has 0 bridgehead atoms. The predicted octanol–water partition coefficient (Wildman–Crippen LogP) is 2.14. The van der Waals surface area contributed by atoms with E-state index in [4.69, 9.17) is 0 Å². The number of rotatable bonds is 2. The zero-order valence-corrected chi connectivity index (χ0v) is 8.09. The van der Waals surface area contributed by atoms with E-state index in [1.165, 1.54) is 0 Å². The third-order valence-corrected chi connectivity index (χ3v) is 1.63. The van der Waals surface area contributed by atoms with Crippen molar-refractivity contribution in [3.05, 3.63) is 0 Å². The minimum absolute atomic E-state index is 0.428. The molecule has 56 valence electrons. The van der Waals surface area contributed by atoms with E-state index < -0.39 is 0 Å². The maximum atomic E-state index is 2.73. The average Bonchev–Trinajstić information content (AvgIpc) is 1.62. The van der Waals surface area contributed by atoms with Crippen LogP contribution in [-0.2, 0) is 0 Å². The lowest BCUT2D eigenvalue weighted by molar-refractivity contribution is 0.307. The molecule has 0 aromatic rings. The first kappa shape index (κ1) is 9.39. The zero-order chi connectivity index (χ0) is 7.49. The molecule has 0 heterocycles. The Morgan fingerprint density at radius 1 is 1.33 bits per heavy atom. The molecule has 9 heavy (non-hydrogen) atoms. The fourth-order valence-electron chi connectivity index (χ4n) is 0.721. The van der Waals surface area contributed by atoms with Gasteiger partial charge in [0.25, 0.3) is 0 Å². The summed E-state index contributed by atoms with van der Waals surface area (Å²) in [5.41, 5.74) is 0.428. The van der Waals surface area contributed by atoms with Crippen LogP contribution in [0.25, 0.3) is 0 Å². The van der Waals surface area contributed by atoms with Crippen molar-refractivity contribution in [2.24, 2.45) is 5.41 Å². The maximum absolute atomic E-state index is 2.73. The Labute approximate surface area is 61.1 Å². The molecule has 0 radical (unpaired) electrons. The van der Waals surface area contributed by atoms with Crippen LogP contribution in [-0.4, -0.2) is 17.8 Å². The molecule has 0 spiro atoms. The molecule has 0 rings (SSSR count). The smallest absolute Gasteiger partial charge is 0.00648 e. The Morgan fingerprint density at radius 3 is 1.89 bits per heavy atom. The maximum Gasteiger partial charge on any atom is 0.00648 e. The van der Waals surface area contributed by atoms with Gasteiger partial charge in [-0.05, 0) is 12.0 Å². The van der Waals surface area contributed by atoms with Crippen molar-refractivity contribution in [3.63, 3.8) is 0 Å². The molecule has 2 heteroatoms. The molecular weight excluding hydrogens is 129 g/mol. The van der Waals surface area contributed by atoms with Crippen molar-refractivity contribution in [2.45, 2.75) is 27.7 Å². The minimum Gasteiger partial charge on any atom is -0.287 e. The normalized spacial score (nSPS) is 12.7. The van der Waals surface area contributed by atoms with Crippen LogP contribution >= 0.6 is 9.39 Å². The van der Waals surface area contributed by atoms with E-state index in [1.807, 2.05) is 0 Å². The molecule has 1 nitrogen and oxygen atoms in total. The predicted molar refractivity (Wildman–Crippen MR) is 46.4 cm³/mol.